The second-order valence-corrected chi connectivity index (χ2v) is 5.61. The summed E-state index contributed by atoms with van der Waals surface area (Å²) in [5.74, 6) is 0. The van der Waals surface area contributed by atoms with E-state index in [0.29, 0.717) is 12.1 Å². The molecule has 1 aliphatic rings. The molecule has 0 saturated heterocycles. The highest BCUT2D eigenvalue weighted by molar-refractivity contribution is 4.84. The van der Waals surface area contributed by atoms with E-state index in [1.54, 1.807) is 0 Å². The van der Waals surface area contributed by atoms with E-state index in [9.17, 15) is 0 Å². The lowest BCUT2D eigenvalue weighted by Gasteiger charge is -2.40. The Kier molecular flexibility index (Phi) is 7.14. The molecule has 2 nitrogen and oxygen atoms in total. The van der Waals surface area contributed by atoms with Gasteiger partial charge in [-0.2, -0.15) is 0 Å². The Morgan fingerprint density at radius 3 is 2.29 bits per heavy atom. The molecular weight excluding hydrogens is 208 g/mol. The van der Waals surface area contributed by atoms with Gasteiger partial charge in [0.25, 0.3) is 0 Å². The standard InChI is InChI=1S/C15H32N2/c1-5-12-16-13(3)14(4)17(6-2)15-10-8-7-9-11-15/h13-16H,5-12H2,1-4H3. The highest BCUT2D eigenvalue weighted by Gasteiger charge is 2.26. The zero-order valence-corrected chi connectivity index (χ0v) is 12.3. The van der Waals surface area contributed by atoms with E-state index < -0.39 is 0 Å². The Labute approximate surface area is 108 Å². The van der Waals surface area contributed by atoms with Gasteiger partial charge >= 0.3 is 0 Å². The van der Waals surface area contributed by atoms with Crippen molar-refractivity contribution in [1.82, 2.24) is 10.2 Å². The molecule has 2 atom stereocenters. The molecule has 1 fully saturated rings. The monoisotopic (exact) mass is 240 g/mol. The van der Waals surface area contributed by atoms with Crippen LogP contribution in [0.25, 0.3) is 0 Å². The predicted molar refractivity (Wildman–Crippen MR) is 76.5 cm³/mol. The Balaban J connectivity index is 2.46. The zero-order chi connectivity index (χ0) is 12.7. The lowest BCUT2D eigenvalue weighted by atomic mass is 9.92. The van der Waals surface area contributed by atoms with Crippen molar-refractivity contribution in [3.05, 3.63) is 0 Å². The van der Waals surface area contributed by atoms with Crippen LogP contribution in [0.2, 0.25) is 0 Å². The average molecular weight is 240 g/mol. The van der Waals surface area contributed by atoms with Gasteiger partial charge < -0.3 is 5.32 Å². The van der Waals surface area contributed by atoms with Crippen molar-refractivity contribution in [3.63, 3.8) is 0 Å². The van der Waals surface area contributed by atoms with Crippen LogP contribution in [0.5, 0.6) is 0 Å². The van der Waals surface area contributed by atoms with Crippen LogP contribution in [0.15, 0.2) is 0 Å². The quantitative estimate of drug-likeness (QED) is 0.733. The van der Waals surface area contributed by atoms with Crippen LogP contribution in [-0.2, 0) is 0 Å². The fraction of sp³-hybridized carbons (Fsp3) is 1.00. The second kappa shape index (κ2) is 8.10. The molecule has 0 radical (unpaired) electrons. The maximum Gasteiger partial charge on any atom is 0.0221 e. The normalized spacial score (nSPS) is 21.7. The first-order valence-corrected chi connectivity index (χ1v) is 7.69. The molecule has 0 heterocycles. The SMILES string of the molecule is CCCNC(C)C(C)N(CC)C1CCCCC1. The van der Waals surface area contributed by atoms with Crippen LogP contribution in [0.4, 0.5) is 0 Å². The molecule has 2 heteroatoms. The molecule has 2 unspecified atom stereocenters. The van der Waals surface area contributed by atoms with Crippen LogP contribution in [0.3, 0.4) is 0 Å². The van der Waals surface area contributed by atoms with Crippen molar-refractivity contribution in [2.45, 2.75) is 84.3 Å². The van der Waals surface area contributed by atoms with Crippen molar-refractivity contribution in [1.29, 1.82) is 0 Å². The Morgan fingerprint density at radius 1 is 1.12 bits per heavy atom. The van der Waals surface area contributed by atoms with E-state index in [4.69, 9.17) is 0 Å². The largest absolute Gasteiger partial charge is 0.313 e. The van der Waals surface area contributed by atoms with Crippen molar-refractivity contribution in [2.24, 2.45) is 0 Å². The van der Waals surface area contributed by atoms with Gasteiger partial charge in [0.05, 0.1) is 0 Å². The van der Waals surface area contributed by atoms with Crippen LogP contribution in [-0.4, -0.2) is 36.1 Å². The third-order valence-electron chi connectivity index (χ3n) is 4.37. The number of hydrogen-bond donors (Lipinski definition) is 1. The lowest BCUT2D eigenvalue weighted by molar-refractivity contribution is 0.0994. The van der Waals surface area contributed by atoms with Crippen molar-refractivity contribution < 1.29 is 0 Å². The summed E-state index contributed by atoms with van der Waals surface area (Å²) in [4.78, 5) is 2.73. The summed E-state index contributed by atoms with van der Waals surface area (Å²) in [6.07, 6.45) is 8.38. The third kappa shape index (κ3) is 4.59. The van der Waals surface area contributed by atoms with E-state index >= 15 is 0 Å². The number of hydrogen-bond acceptors (Lipinski definition) is 2. The zero-order valence-electron chi connectivity index (χ0n) is 12.3. The Bertz CT molecular complexity index is 187. The molecule has 0 spiro atoms. The van der Waals surface area contributed by atoms with Crippen molar-refractivity contribution in [2.75, 3.05) is 13.1 Å². The molecule has 102 valence electrons. The maximum atomic E-state index is 3.64. The van der Waals surface area contributed by atoms with Crippen molar-refractivity contribution in [3.8, 4) is 0 Å². The van der Waals surface area contributed by atoms with Gasteiger partial charge in [-0.25, -0.2) is 0 Å². The summed E-state index contributed by atoms with van der Waals surface area (Å²) in [5.41, 5.74) is 0. The van der Waals surface area contributed by atoms with Gasteiger partial charge in [-0.05, 0) is 46.2 Å². The molecule has 1 saturated carbocycles. The first-order chi connectivity index (χ1) is 8.20. The van der Waals surface area contributed by atoms with Gasteiger partial charge in [0.2, 0.25) is 0 Å². The molecule has 1 N–H and O–H groups in total. The Hall–Kier alpha value is -0.0800. The van der Waals surface area contributed by atoms with Gasteiger partial charge in [0, 0.05) is 18.1 Å². The number of rotatable bonds is 7. The lowest BCUT2D eigenvalue weighted by Crippen LogP contribution is -2.51. The predicted octanol–water partition coefficient (Wildman–Crippen LogP) is 3.42. The minimum Gasteiger partial charge on any atom is -0.313 e. The molecule has 1 rings (SSSR count). The van der Waals surface area contributed by atoms with Crippen LogP contribution in [0, 0.1) is 0 Å². The molecule has 0 amide bonds. The molecule has 0 aromatic heterocycles. The molecule has 0 aliphatic heterocycles. The van der Waals surface area contributed by atoms with Crippen molar-refractivity contribution >= 4 is 0 Å². The van der Waals surface area contributed by atoms with Gasteiger partial charge in [0.1, 0.15) is 0 Å². The van der Waals surface area contributed by atoms with E-state index in [2.05, 4.69) is 37.9 Å². The summed E-state index contributed by atoms with van der Waals surface area (Å²) in [6, 6.07) is 2.11. The molecule has 1 aliphatic carbocycles. The van der Waals surface area contributed by atoms with Gasteiger partial charge in [0.15, 0.2) is 0 Å². The topological polar surface area (TPSA) is 15.3 Å². The van der Waals surface area contributed by atoms with Gasteiger partial charge in [-0.3, -0.25) is 4.90 Å². The number of likely N-dealkylation sites (N-methyl/N-ethyl adjacent to an activating group) is 1. The van der Waals surface area contributed by atoms with E-state index in [0.717, 1.165) is 12.6 Å². The summed E-state index contributed by atoms with van der Waals surface area (Å²) < 4.78 is 0. The molecule has 0 bridgehead atoms. The maximum absolute atomic E-state index is 3.64. The van der Waals surface area contributed by atoms with E-state index in [1.165, 1.54) is 45.1 Å². The van der Waals surface area contributed by atoms with Gasteiger partial charge in [-0.1, -0.05) is 33.1 Å². The molecule has 0 aromatic rings. The van der Waals surface area contributed by atoms with Crippen LogP contribution in [0.1, 0.15) is 66.2 Å². The fourth-order valence-electron chi connectivity index (χ4n) is 3.12. The third-order valence-corrected chi connectivity index (χ3v) is 4.37. The second-order valence-electron chi connectivity index (χ2n) is 5.61. The Morgan fingerprint density at radius 2 is 1.76 bits per heavy atom. The number of nitrogens with one attached hydrogen (secondary N) is 1. The highest BCUT2D eigenvalue weighted by Crippen LogP contribution is 2.24. The smallest absolute Gasteiger partial charge is 0.0221 e. The molecule has 17 heavy (non-hydrogen) atoms. The first kappa shape index (κ1) is 15.0. The van der Waals surface area contributed by atoms with Gasteiger partial charge in [-0.15, -0.1) is 0 Å². The summed E-state index contributed by atoms with van der Waals surface area (Å²) in [6.45, 7) is 11.6. The summed E-state index contributed by atoms with van der Waals surface area (Å²) in [5, 5.41) is 3.64. The fourth-order valence-corrected chi connectivity index (χ4v) is 3.12. The first-order valence-electron chi connectivity index (χ1n) is 7.69. The summed E-state index contributed by atoms with van der Waals surface area (Å²) in [7, 11) is 0. The molecule has 0 aromatic carbocycles. The van der Waals surface area contributed by atoms with Crippen LogP contribution >= 0.6 is 0 Å². The molecular formula is C15H32N2. The number of nitrogens with zero attached hydrogens (tertiary/aromatic N) is 1. The average Bonchev–Trinajstić information content (AvgIpc) is 2.38. The van der Waals surface area contributed by atoms with E-state index in [-0.39, 0.29) is 0 Å². The minimum atomic E-state index is 0.608. The van der Waals surface area contributed by atoms with Crippen LogP contribution < -0.4 is 5.32 Å². The van der Waals surface area contributed by atoms with E-state index in [1.807, 2.05) is 0 Å². The minimum absolute atomic E-state index is 0.608. The summed E-state index contributed by atoms with van der Waals surface area (Å²) >= 11 is 0. The highest BCUT2D eigenvalue weighted by atomic mass is 15.2.